The molecule has 0 bridgehead atoms. The molecule has 2 rings (SSSR count). The van der Waals surface area contributed by atoms with Crippen molar-refractivity contribution in [1.29, 1.82) is 5.26 Å². The van der Waals surface area contributed by atoms with Gasteiger partial charge in [0.2, 0.25) is 0 Å². The van der Waals surface area contributed by atoms with Gasteiger partial charge >= 0.3 is 0 Å². The van der Waals surface area contributed by atoms with Crippen LogP contribution in [0.5, 0.6) is 0 Å². The average molecular weight is 341 g/mol. The van der Waals surface area contributed by atoms with Gasteiger partial charge in [0, 0.05) is 10.2 Å². The minimum Gasteiger partial charge on any atom is -0.321 e. The summed E-state index contributed by atoms with van der Waals surface area (Å²) in [5.41, 5.74) is 2.67. The normalized spacial score (nSPS) is 10.8. The van der Waals surface area contributed by atoms with Crippen molar-refractivity contribution in [2.45, 2.75) is 6.92 Å². The SMILES string of the molecule is Cc1ccc(/C=C(\C#N)C(=O)Nc2ccc(Br)cc2)cc1. The second-order valence-electron chi connectivity index (χ2n) is 4.54. The number of nitrogens with zero attached hydrogens (tertiary/aromatic N) is 1. The Bertz CT molecular complexity index is 710. The average Bonchev–Trinajstić information content (AvgIpc) is 2.49. The Morgan fingerprint density at radius 2 is 1.76 bits per heavy atom. The zero-order valence-corrected chi connectivity index (χ0v) is 13.0. The largest absolute Gasteiger partial charge is 0.321 e. The topological polar surface area (TPSA) is 52.9 Å². The van der Waals surface area contributed by atoms with E-state index in [0.717, 1.165) is 15.6 Å². The maximum absolute atomic E-state index is 12.1. The van der Waals surface area contributed by atoms with Gasteiger partial charge in [-0.2, -0.15) is 5.26 Å². The molecule has 0 aromatic heterocycles. The van der Waals surface area contributed by atoms with Crippen molar-refractivity contribution in [2.75, 3.05) is 5.32 Å². The monoisotopic (exact) mass is 340 g/mol. The molecule has 2 aromatic rings. The lowest BCUT2D eigenvalue weighted by Crippen LogP contribution is -2.13. The molecule has 0 fully saturated rings. The standard InChI is InChI=1S/C17H13BrN2O/c1-12-2-4-13(5-3-12)10-14(11-19)17(21)20-16-8-6-15(18)7-9-16/h2-10H,1H3,(H,20,21)/b14-10+. The third kappa shape index (κ3) is 4.30. The fourth-order valence-electron chi connectivity index (χ4n) is 1.71. The van der Waals surface area contributed by atoms with Crippen molar-refractivity contribution in [2.24, 2.45) is 0 Å². The minimum absolute atomic E-state index is 0.0711. The summed E-state index contributed by atoms with van der Waals surface area (Å²) in [6, 6.07) is 16.7. The summed E-state index contributed by atoms with van der Waals surface area (Å²) in [6.07, 6.45) is 1.58. The molecule has 0 atom stereocenters. The molecule has 0 aliphatic carbocycles. The summed E-state index contributed by atoms with van der Waals surface area (Å²) in [5, 5.41) is 11.8. The van der Waals surface area contributed by atoms with Crippen molar-refractivity contribution >= 4 is 33.6 Å². The summed E-state index contributed by atoms with van der Waals surface area (Å²) in [5.74, 6) is -0.416. The van der Waals surface area contributed by atoms with E-state index in [4.69, 9.17) is 5.26 Å². The number of carbonyl (C=O) groups is 1. The Labute approximate surface area is 132 Å². The molecule has 2 aromatic carbocycles. The van der Waals surface area contributed by atoms with Crippen molar-refractivity contribution in [3.63, 3.8) is 0 Å². The number of hydrogen-bond acceptors (Lipinski definition) is 2. The number of halogens is 1. The predicted molar refractivity (Wildman–Crippen MR) is 87.5 cm³/mol. The highest BCUT2D eigenvalue weighted by molar-refractivity contribution is 9.10. The molecule has 0 saturated carbocycles. The first-order chi connectivity index (χ1) is 10.1. The Morgan fingerprint density at radius 3 is 2.33 bits per heavy atom. The van der Waals surface area contributed by atoms with E-state index in [-0.39, 0.29) is 5.57 Å². The van der Waals surface area contributed by atoms with E-state index in [1.807, 2.05) is 49.4 Å². The molecule has 0 unspecified atom stereocenters. The van der Waals surface area contributed by atoms with Crippen LogP contribution in [-0.4, -0.2) is 5.91 Å². The van der Waals surface area contributed by atoms with E-state index >= 15 is 0 Å². The van der Waals surface area contributed by atoms with Gasteiger partial charge in [0.15, 0.2) is 0 Å². The number of rotatable bonds is 3. The Kier molecular flexibility index (Phi) is 4.91. The molecule has 0 aliphatic rings. The van der Waals surface area contributed by atoms with Gasteiger partial charge < -0.3 is 5.32 Å². The summed E-state index contributed by atoms with van der Waals surface area (Å²) in [7, 11) is 0. The van der Waals surface area contributed by atoms with Crippen LogP contribution in [0.15, 0.2) is 58.6 Å². The first kappa shape index (κ1) is 15.0. The van der Waals surface area contributed by atoms with Gasteiger partial charge in [-0.3, -0.25) is 4.79 Å². The predicted octanol–water partition coefficient (Wildman–Crippen LogP) is 4.30. The number of carbonyl (C=O) groups excluding carboxylic acids is 1. The fraction of sp³-hybridized carbons (Fsp3) is 0.0588. The number of nitrogens with one attached hydrogen (secondary N) is 1. The van der Waals surface area contributed by atoms with Crippen LogP contribution in [0, 0.1) is 18.3 Å². The van der Waals surface area contributed by atoms with Gasteiger partial charge in [-0.25, -0.2) is 0 Å². The second-order valence-corrected chi connectivity index (χ2v) is 5.46. The summed E-state index contributed by atoms with van der Waals surface area (Å²) in [6.45, 7) is 1.99. The van der Waals surface area contributed by atoms with E-state index in [2.05, 4.69) is 21.2 Å². The van der Waals surface area contributed by atoms with Crippen LogP contribution in [0.25, 0.3) is 6.08 Å². The molecular formula is C17H13BrN2O. The number of aryl methyl sites for hydroxylation is 1. The zero-order chi connectivity index (χ0) is 15.2. The molecular weight excluding hydrogens is 328 g/mol. The summed E-state index contributed by atoms with van der Waals surface area (Å²) >= 11 is 3.33. The quantitative estimate of drug-likeness (QED) is 0.668. The molecule has 1 N–H and O–H groups in total. The molecule has 0 radical (unpaired) electrons. The lowest BCUT2D eigenvalue weighted by molar-refractivity contribution is -0.112. The molecule has 0 aliphatic heterocycles. The Hall–Kier alpha value is -2.38. The number of amides is 1. The summed E-state index contributed by atoms with van der Waals surface area (Å²) in [4.78, 5) is 12.1. The molecule has 21 heavy (non-hydrogen) atoms. The molecule has 1 amide bonds. The maximum atomic E-state index is 12.1. The van der Waals surface area contributed by atoms with Gasteiger partial charge in [-0.15, -0.1) is 0 Å². The van der Waals surface area contributed by atoms with Crippen molar-refractivity contribution in [3.05, 3.63) is 69.7 Å². The number of benzene rings is 2. The molecule has 104 valence electrons. The van der Waals surface area contributed by atoms with Gasteiger partial charge in [0.05, 0.1) is 0 Å². The first-order valence-corrected chi connectivity index (χ1v) is 7.13. The lowest BCUT2D eigenvalue weighted by Gasteiger charge is -2.04. The zero-order valence-electron chi connectivity index (χ0n) is 11.4. The molecule has 4 heteroatoms. The third-order valence-corrected chi connectivity index (χ3v) is 3.38. The summed E-state index contributed by atoms with van der Waals surface area (Å²) < 4.78 is 0.927. The van der Waals surface area contributed by atoms with Crippen LogP contribution in [-0.2, 0) is 4.79 Å². The molecule has 0 heterocycles. The van der Waals surface area contributed by atoms with E-state index in [0.29, 0.717) is 5.69 Å². The van der Waals surface area contributed by atoms with Gasteiger partial charge in [-0.1, -0.05) is 45.8 Å². The fourth-order valence-corrected chi connectivity index (χ4v) is 1.97. The van der Waals surface area contributed by atoms with E-state index in [1.165, 1.54) is 0 Å². The maximum Gasteiger partial charge on any atom is 0.266 e. The highest BCUT2D eigenvalue weighted by atomic mass is 79.9. The van der Waals surface area contributed by atoms with E-state index in [9.17, 15) is 4.79 Å². The van der Waals surface area contributed by atoms with Gasteiger partial charge in [-0.05, 0) is 42.8 Å². The Morgan fingerprint density at radius 1 is 1.14 bits per heavy atom. The highest BCUT2D eigenvalue weighted by Gasteiger charge is 2.09. The van der Waals surface area contributed by atoms with Crippen LogP contribution in [0.3, 0.4) is 0 Å². The third-order valence-electron chi connectivity index (χ3n) is 2.86. The van der Waals surface area contributed by atoms with Gasteiger partial charge in [0.25, 0.3) is 5.91 Å². The van der Waals surface area contributed by atoms with Crippen molar-refractivity contribution in [1.82, 2.24) is 0 Å². The first-order valence-electron chi connectivity index (χ1n) is 6.34. The van der Waals surface area contributed by atoms with Crippen LogP contribution in [0.2, 0.25) is 0 Å². The van der Waals surface area contributed by atoms with Crippen LogP contribution in [0.1, 0.15) is 11.1 Å². The van der Waals surface area contributed by atoms with Crippen LogP contribution >= 0.6 is 15.9 Å². The highest BCUT2D eigenvalue weighted by Crippen LogP contribution is 2.15. The lowest BCUT2D eigenvalue weighted by atomic mass is 10.1. The Balaban J connectivity index is 2.17. The molecule has 0 saturated heterocycles. The van der Waals surface area contributed by atoms with Crippen molar-refractivity contribution in [3.8, 4) is 6.07 Å². The van der Waals surface area contributed by atoms with Crippen molar-refractivity contribution < 1.29 is 4.79 Å². The second kappa shape index (κ2) is 6.87. The van der Waals surface area contributed by atoms with Crippen LogP contribution in [0.4, 0.5) is 5.69 Å². The minimum atomic E-state index is -0.416. The number of hydrogen-bond donors (Lipinski definition) is 1. The molecule has 3 nitrogen and oxygen atoms in total. The van der Waals surface area contributed by atoms with Crippen LogP contribution < -0.4 is 5.32 Å². The van der Waals surface area contributed by atoms with E-state index in [1.54, 1.807) is 18.2 Å². The smallest absolute Gasteiger partial charge is 0.266 e. The number of anilines is 1. The molecule has 0 spiro atoms. The van der Waals surface area contributed by atoms with Gasteiger partial charge in [0.1, 0.15) is 11.6 Å². The number of nitriles is 1. The van der Waals surface area contributed by atoms with E-state index < -0.39 is 5.91 Å².